The van der Waals surface area contributed by atoms with Gasteiger partial charge in [-0.05, 0) is 32.3 Å². The molecule has 8 heteroatoms. The Morgan fingerprint density at radius 2 is 2.22 bits per heavy atom. The second kappa shape index (κ2) is 6.55. The Morgan fingerprint density at radius 1 is 1.35 bits per heavy atom. The molecule has 0 atom stereocenters. The molecule has 1 N–H and O–H groups in total. The van der Waals surface area contributed by atoms with E-state index in [1.54, 1.807) is 10.7 Å². The first-order valence-corrected chi connectivity index (χ1v) is 7.46. The van der Waals surface area contributed by atoms with Gasteiger partial charge in [-0.1, -0.05) is 5.16 Å². The summed E-state index contributed by atoms with van der Waals surface area (Å²) in [6, 6.07) is 0. The molecule has 0 radical (unpaired) electrons. The lowest BCUT2D eigenvalue weighted by molar-refractivity contribution is -0.120. The van der Waals surface area contributed by atoms with E-state index in [0.29, 0.717) is 24.5 Å². The number of aryl methyl sites for hydroxylation is 3. The van der Waals surface area contributed by atoms with Crippen molar-refractivity contribution in [1.29, 1.82) is 0 Å². The average molecular weight is 314 g/mol. The summed E-state index contributed by atoms with van der Waals surface area (Å²) < 4.78 is 6.70. The van der Waals surface area contributed by atoms with Crippen LogP contribution >= 0.6 is 0 Å². The molecule has 120 valence electrons. The number of nitrogens with one attached hydrogen (secondary N) is 1. The molecule has 1 amide bonds. The van der Waals surface area contributed by atoms with Crippen LogP contribution in [0, 0.1) is 13.8 Å². The minimum atomic E-state index is -0.0238. The van der Waals surface area contributed by atoms with Gasteiger partial charge in [-0.3, -0.25) is 4.79 Å². The molecule has 0 saturated heterocycles. The first-order valence-electron chi connectivity index (χ1n) is 7.46. The van der Waals surface area contributed by atoms with E-state index in [0.717, 1.165) is 29.7 Å². The van der Waals surface area contributed by atoms with Gasteiger partial charge in [0.2, 0.25) is 5.91 Å². The monoisotopic (exact) mass is 314 g/mol. The molecule has 3 heterocycles. The fourth-order valence-electron chi connectivity index (χ4n) is 2.39. The van der Waals surface area contributed by atoms with E-state index in [9.17, 15) is 4.79 Å². The molecule has 3 aromatic rings. The van der Waals surface area contributed by atoms with E-state index in [1.807, 2.05) is 20.0 Å². The Morgan fingerprint density at radius 3 is 3.00 bits per heavy atom. The summed E-state index contributed by atoms with van der Waals surface area (Å²) in [4.78, 5) is 20.2. The van der Waals surface area contributed by atoms with Crippen LogP contribution < -0.4 is 5.32 Å². The van der Waals surface area contributed by atoms with Gasteiger partial charge in [-0.25, -0.2) is 9.50 Å². The van der Waals surface area contributed by atoms with Crippen LogP contribution in [-0.4, -0.2) is 37.2 Å². The molecular weight excluding hydrogens is 296 g/mol. The van der Waals surface area contributed by atoms with E-state index in [1.165, 1.54) is 6.33 Å². The number of hydrogen-bond donors (Lipinski definition) is 1. The molecule has 8 nitrogen and oxygen atoms in total. The smallest absolute Gasteiger partial charge is 0.252 e. The molecular formula is C15H18N6O2. The van der Waals surface area contributed by atoms with Gasteiger partial charge in [-0.2, -0.15) is 10.1 Å². The third-order valence-corrected chi connectivity index (χ3v) is 3.67. The first kappa shape index (κ1) is 15.1. The molecule has 0 aliphatic rings. The van der Waals surface area contributed by atoms with Crippen molar-refractivity contribution in [2.45, 2.75) is 33.1 Å². The fraction of sp³-hybridized carbons (Fsp3) is 0.400. The Hall–Kier alpha value is -2.77. The summed E-state index contributed by atoms with van der Waals surface area (Å²) in [5, 5.41) is 10.8. The number of aromatic nitrogens is 5. The number of carbonyl (C=O) groups excluding carboxylic acids is 1. The van der Waals surface area contributed by atoms with Gasteiger partial charge >= 0.3 is 0 Å². The van der Waals surface area contributed by atoms with Gasteiger partial charge in [0, 0.05) is 24.5 Å². The average Bonchev–Trinajstić information content (AvgIpc) is 3.12. The van der Waals surface area contributed by atoms with Crippen LogP contribution in [0.5, 0.6) is 0 Å². The highest BCUT2D eigenvalue weighted by Crippen LogP contribution is 2.12. The number of carbonyl (C=O) groups is 1. The quantitative estimate of drug-likeness (QED) is 0.682. The zero-order valence-electron chi connectivity index (χ0n) is 13.1. The minimum Gasteiger partial charge on any atom is -0.361 e. The fourth-order valence-corrected chi connectivity index (χ4v) is 2.39. The van der Waals surface area contributed by atoms with Gasteiger partial charge in [0.15, 0.2) is 0 Å². The Labute approximate surface area is 132 Å². The molecule has 0 saturated carbocycles. The normalized spacial score (nSPS) is 11.0. The highest BCUT2D eigenvalue weighted by atomic mass is 16.5. The number of amides is 1. The lowest BCUT2D eigenvalue weighted by Gasteiger charge is -2.05. The molecule has 23 heavy (non-hydrogen) atoms. The number of rotatable bonds is 6. The molecule has 0 fully saturated rings. The summed E-state index contributed by atoms with van der Waals surface area (Å²) in [6.45, 7) is 4.26. The molecule has 3 aromatic heterocycles. The highest BCUT2D eigenvalue weighted by molar-refractivity contribution is 5.78. The van der Waals surface area contributed by atoms with E-state index in [2.05, 4.69) is 25.5 Å². The topological polar surface area (TPSA) is 98.2 Å². The van der Waals surface area contributed by atoms with Gasteiger partial charge in [0.25, 0.3) is 5.78 Å². The summed E-state index contributed by atoms with van der Waals surface area (Å²) in [6.07, 6.45) is 7.11. The van der Waals surface area contributed by atoms with Crippen molar-refractivity contribution in [1.82, 2.24) is 30.1 Å². The Bertz CT molecular complexity index is 803. The van der Waals surface area contributed by atoms with Crippen LogP contribution in [0.1, 0.15) is 29.0 Å². The van der Waals surface area contributed by atoms with E-state index >= 15 is 0 Å². The number of fused-ring (bicyclic) bond motifs is 1. The molecule has 0 aromatic carbocycles. The van der Waals surface area contributed by atoms with Crippen molar-refractivity contribution < 1.29 is 9.32 Å². The zero-order chi connectivity index (χ0) is 16.2. The summed E-state index contributed by atoms with van der Waals surface area (Å²) in [5.74, 6) is 1.26. The predicted octanol–water partition coefficient (Wildman–Crippen LogP) is 1.02. The molecule has 0 unspecified atom stereocenters. The van der Waals surface area contributed by atoms with E-state index in [-0.39, 0.29) is 5.91 Å². The zero-order valence-corrected chi connectivity index (χ0v) is 13.1. The van der Waals surface area contributed by atoms with Crippen LogP contribution in [0.3, 0.4) is 0 Å². The van der Waals surface area contributed by atoms with Crippen molar-refractivity contribution in [3.8, 4) is 0 Å². The van der Waals surface area contributed by atoms with Crippen LogP contribution in [0.25, 0.3) is 5.78 Å². The second-order valence-electron chi connectivity index (χ2n) is 5.40. The maximum absolute atomic E-state index is 12.0. The molecule has 0 bridgehead atoms. The first-order chi connectivity index (χ1) is 11.1. The van der Waals surface area contributed by atoms with Crippen molar-refractivity contribution >= 4 is 11.7 Å². The second-order valence-corrected chi connectivity index (χ2v) is 5.40. The predicted molar refractivity (Wildman–Crippen MR) is 81.8 cm³/mol. The third-order valence-electron chi connectivity index (χ3n) is 3.67. The van der Waals surface area contributed by atoms with E-state index in [4.69, 9.17) is 4.52 Å². The number of nitrogens with zero attached hydrogens (tertiary/aromatic N) is 5. The van der Waals surface area contributed by atoms with Crippen molar-refractivity contribution in [2.75, 3.05) is 6.54 Å². The maximum Gasteiger partial charge on any atom is 0.252 e. The molecule has 0 aliphatic heterocycles. The standard InChI is InChI=1S/C15H18N6O2/c1-10-13(11(2)23-20-10)6-14(22)16-5-3-4-12-7-17-15-18-9-19-21(15)8-12/h7-9H,3-6H2,1-2H3,(H,16,22). The van der Waals surface area contributed by atoms with Gasteiger partial charge in [0.05, 0.1) is 12.1 Å². The Kier molecular flexibility index (Phi) is 4.31. The molecule has 0 spiro atoms. The minimum absolute atomic E-state index is 0.0238. The van der Waals surface area contributed by atoms with Crippen LogP contribution in [0.15, 0.2) is 23.2 Å². The van der Waals surface area contributed by atoms with Crippen molar-refractivity contribution in [3.05, 3.63) is 41.3 Å². The van der Waals surface area contributed by atoms with Gasteiger partial charge in [-0.15, -0.1) is 0 Å². The molecule has 3 rings (SSSR count). The van der Waals surface area contributed by atoms with Gasteiger partial charge in [0.1, 0.15) is 12.1 Å². The van der Waals surface area contributed by atoms with Crippen molar-refractivity contribution in [2.24, 2.45) is 0 Å². The number of hydrogen-bond acceptors (Lipinski definition) is 6. The third kappa shape index (κ3) is 3.53. The SMILES string of the molecule is Cc1noc(C)c1CC(=O)NCCCc1cnc2ncnn2c1. The van der Waals surface area contributed by atoms with Crippen LogP contribution in [-0.2, 0) is 17.6 Å². The van der Waals surface area contributed by atoms with Crippen LogP contribution in [0.4, 0.5) is 0 Å². The summed E-state index contributed by atoms with van der Waals surface area (Å²) >= 11 is 0. The summed E-state index contributed by atoms with van der Waals surface area (Å²) in [5.41, 5.74) is 2.69. The Balaban J connectivity index is 1.45. The van der Waals surface area contributed by atoms with Crippen LogP contribution in [0.2, 0.25) is 0 Å². The van der Waals surface area contributed by atoms with Crippen molar-refractivity contribution in [3.63, 3.8) is 0 Å². The molecule has 0 aliphatic carbocycles. The lowest BCUT2D eigenvalue weighted by atomic mass is 10.1. The summed E-state index contributed by atoms with van der Waals surface area (Å²) in [7, 11) is 0. The lowest BCUT2D eigenvalue weighted by Crippen LogP contribution is -2.26. The largest absolute Gasteiger partial charge is 0.361 e. The maximum atomic E-state index is 12.0. The highest BCUT2D eigenvalue weighted by Gasteiger charge is 2.12. The van der Waals surface area contributed by atoms with E-state index < -0.39 is 0 Å². The van der Waals surface area contributed by atoms with Gasteiger partial charge < -0.3 is 9.84 Å².